The van der Waals surface area contributed by atoms with E-state index in [1.165, 1.54) is 31.9 Å². The lowest BCUT2D eigenvalue weighted by atomic mass is 9.97. The van der Waals surface area contributed by atoms with E-state index in [4.69, 9.17) is 4.74 Å². The number of amides is 1. The fourth-order valence-electron chi connectivity index (χ4n) is 4.37. The molecule has 2 fully saturated rings. The fraction of sp³-hybridized carbons (Fsp3) is 0.619. The van der Waals surface area contributed by atoms with Crippen molar-refractivity contribution in [3.63, 3.8) is 0 Å². The van der Waals surface area contributed by atoms with E-state index in [1.54, 1.807) is 18.3 Å². The van der Waals surface area contributed by atoms with Gasteiger partial charge in [0, 0.05) is 31.1 Å². The summed E-state index contributed by atoms with van der Waals surface area (Å²) in [7, 11) is 0. The number of nitrogens with zero attached hydrogens (tertiary/aromatic N) is 4. The molecule has 8 nitrogen and oxygen atoms in total. The van der Waals surface area contributed by atoms with Gasteiger partial charge in [0.15, 0.2) is 0 Å². The highest BCUT2D eigenvalue weighted by Gasteiger charge is 2.32. The second-order valence-corrected chi connectivity index (χ2v) is 8.05. The van der Waals surface area contributed by atoms with Gasteiger partial charge in [0.25, 0.3) is 5.91 Å². The molecule has 2 aromatic rings. The van der Waals surface area contributed by atoms with E-state index in [0.717, 1.165) is 31.5 Å². The van der Waals surface area contributed by atoms with Crippen LogP contribution in [0.2, 0.25) is 0 Å². The Morgan fingerprint density at radius 2 is 2.14 bits per heavy atom. The number of aryl methyl sites for hydroxylation is 1. The van der Waals surface area contributed by atoms with Gasteiger partial charge in [-0.05, 0) is 44.2 Å². The molecular weight excluding hydrogens is 370 g/mol. The van der Waals surface area contributed by atoms with Crippen molar-refractivity contribution in [2.75, 3.05) is 6.61 Å². The normalized spacial score (nSPS) is 25.2. The quantitative estimate of drug-likeness (QED) is 0.739. The van der Waals surface area contributed by atoms with Gasteiger partial charge in [-0.3, -0.25) is 14.5 Å². The van der Waals surface area contributed by atoms with Gasteiger partial charge in [-0.1, -0.05) is 18.1 Å². The molecule has 0 unspecified atom stereocenters. The van der Waals surface area contributed by atoms with Crippen LogP contribution in [0.25, 0.3) is 0 Å². The van der Waals surface area contributed by atoms with Crippen LogP contribution < -0.4 is 5.32 Å². The summed E-state index contributed by atoms with van der Waals surface area (Å²) in [6.07, 6.45) is 12.3. The number of ether oxygens (including phenoxy) is 1. The van der Waals surface area contributed by atoms with E-state index < -0.39 is 6.10 Å². The van der Waals surface area contributed by atoms with Crippen LogP contribution in [0.1, 0.15) is 66.9 Å². The molecule has 2 aliphatic rings. The first-order chi connectivity index (χ1) is 14.2. The Labute approximate surface area is 170 Å². The molecule has 0 bridgehead atoms. The Balaban J connectivity index is 1.26. The lowest BCUT2D eigenvalue weighted by Gasteiger charge is -2.36. The predicted octanol–water partition coefficient (Wildman–Crippen LogP) is 2.06. The van der Waals surface area contributed by atoms with Crippen LogP contribution in [-0.4, -0.2) is 55.8 Å². The summed E-state index contributed by atoms with van der Waals surface area (Å²) in [4.78, 5) is 16.3. The monoisotopic (exact) mass is 399 g/mol. The maximum absolute atomic E-state index is 12.4. The van der Waals surface area contributed by atoms with Crippen molar-refractivity contribution in [3.8, 4) is 0 Å². The Hall–Kier alpha value is -2.32. The van der Waals surface area contributed by atoms with Gasteiger partial charge >= 0.3 is 0 Å². The molecule has 0 spiro atoms. The Morgan fingerprint density at radius 3 is 2.90 bits per heavy atom. The van der Waals surface area contributed by atoms with Gasteiger partial charge in [0.2, 0.25) is 0 Å². The number of pyridine rings is 1. The van der Waals surface area contributed by atoms with Gasteiger partial charge < -0.3 is 15.2 Å². The summed E-state index contributed by atoms with van der Waals surface area (Å²) in [5.41, 5.74) is 1.62. The van der Waals surface area contributed by atoms with Crippen molar-refractivity contribution >= 4 is 5.91 Å². The van der Waals surface area contributed by atoms with E-state index in [2.05, 4.69) is 26.8 Å². The molecule has 0 radical (unpaired) electrons. The zero-order valence-electron chi connectivity index (χ0n) is 16.6. The summed E-state index contributed by atoms with van der Waals surface area (Å²) in [6, 6.07) is 3.25. The number of carbonyl (C=O) groups is 1. The van der Waals surface area contributed by atoms with E-state index in [-0.39, 0.29) is 24.7 Å². The van der Waals surface area contributed by atoms with Crippen LogP contribution in [0.15, 0.2) is 30.7 Å². The molecule has 156 valence electrons. The van der Waals surface area contributed by atoms with Crippen LogP contribution >= 0.6 is 0 Å². The average Bonchev–Trinajstić information content (AvgIpc) is 3.45. The van der Waals surface area contributed by atoms with Gasteiger partial charge in [-0.25, -0.2) is 0 Å². The largest absolute Gasteiger partial charge is 0.394 e. The standard InChI is InChI=1S/C21H29N5O3/c27-14-20-18(23-21(28)16-6-3-10-22-12-16)8-7-17(29-20)9-11-26-13-19(24-25-26)15-4-1-2-5-15/h3,6,10,12-13,15,17-18,20,27H,1-2,4-5,7-9,11,14H2,(H,23,28)/t17-,18-,20-/m0/s1. The fourth-order valence-corrected chi connectivity index (χ4v) is 4.37. The van der Waals surface area contributed by atoms with Crippen molar-refractivity contribution < 1.29 is 14.6 Å². The first-order valence-corrected chi connectivity index (χ1v) is 10.6. The van der Waals surface area contributed by atoms with Crippen LogP contribution in [0.4, 0.5) is 0 Å². The third kappa shape index (κ3) is 5.00. The van der Waals surface area contributed by atoms with Crippen molar-refractivity contribution in [1.29, 1.82) is 0 Å². The Morgan fingerprint density at radius 1 is 1.28 bits per heavy atom. The topological polar surface area (TPSA) is 102 Å². The van der Waals surface area contributed by atoms with Gasteiger partial charge in [-0.2, -0.15) is 0 Å². The predicted molar refractivity (Wildman–Crippen MR) is 106 cm³/mol. The second kappa shape index (κ2) is 9.45. The second-order valence-electron chi connectivity index (χ2n) is 8.05. The van der Waals surface area contributed by atoms with Gasteiger partial charge in [0.05, 0.1) is 30.0 Å². The van der Waals surface area contributed by atoms with Crippen molar-refractivity contribution in [2.45, 2.75) is 75.7 Å². The van der Waals surface area contributed by atoms with Gasteiger partial charge in [0.1, 0.15) is 6.10 Å². The first-order valence-electron chi connectivity index (χ1n) is 10.6. The van der Waals surface area contributed by atoms with Crippen molar-refractivity contribution in [3.05, 3.63) is 42.0 Å². The zero-order valence-corrected chi connectivity index (χ0v) is 16.6. The maximum Gasteiger partial charge on any atom is 0.253 e. The highest BCUT2D eigenvalue weighted by molar-refractivity contribution is 5.94. The van der Waals surface area contributed by atoms with Crippen LogP contribution in [0.3, 0.4) is 0 Å². The molecule has 1 saturated heterocycles. The molecule has 2 N–H and O–H groups in total. The Kier molecular flexibility index (Phi) is 6.51. The SMILES string of the molecule is O=C(N[C@H]1CC[C@@H](CCn2cc(C3CCCC3)nn2)O[C@H]1CO)c1cccnc1. The molecule has 1 amide bonds. The molecule has 0 aromatic carbocycles. The van der Waals surface area contributed by atoms with Crippen molar-refractivity contribution in [1.82, 2.24) is 25.3 Å². The third-order valence-corrected chi connectivity index (χ3v) is 6.05. The third-order valence-electron chi connectivity index (χ3n) is 6.05. The molecule has 1 saturated carbocycles. The maximum atomic E-state index is 12.4. The molecule has 1 aliphatic carbocycles. The lowest BCUT2D eigenvalue weighted by Crippen LogP contribution is -2.51. The molecule has 1 aliphatic heterocycles. The summed E-state index contributed by atoms with van der Waals surface area (Å²) in [5, 5.41) is 21.3. The number of hydrogen-bond donors (Lipinski definition) is 2. The summed E-state index contributed by atoms with van der Waals surface area (Å²) < 4.78 is 7.98. The van der Waals surface area contributed by atoms with E-state index in [0.29, 0.717) is 11.5 Å². The Bertz CT molecular complexity index is 791. The van der Waals surface area contributed by atoms with Gasteiger partial charge in [-0.15, -0.1) is 5.10 Å². The number of aliphatic hydroxyl groups excluding tert-OH is 1. The molecule has 3 heterocycles. The van der Waals surface area contributed by atoms with E-state index >= 15 is 0 Å². The minimum atomic E-state index is -0.404. The van der Waals surface area contributed by atoms with Crippen molar-refractivity contribution in [2.24, 2.45) is 0 Å². The minimum absolute atomic E-state index is 0.0397. The van der Waals surface area contributed by atoms with E-state index in [1.807, 2.05) is 4.68 Å². The highest BCUT2D eigenvalue weighted by atomic mass is 16.5. The molecule has 2 aromatic heterocycles. The molecule has 29 heavy (non-hydrogen) atoms. The lowest BCUT2D eigenvalue weighted by molar-refractivity contribution is -0.0912. The van der Waals surface area contributed by atoms with Crippen LogP contribution in [-0.2, 0) is 11.3 Å². The number of aromatic nitrogens is 4. The first kappa shape index (κ1) is 20.0. The smallest absolute Gasteiger partial charge is 0.253 e. The molecule has 8 heteroatoms. The molecule has 3 atom stereocenters. The summed E-state index contributed by atoms with van der Waals surface area (Å²) in [6.45, 7) is 0.624. The van der Waals surface area contributed by atoms with E-state index in [9.17, 15) is 9.90 Å². The molecule has 4 rings (SSSR count). The minimum Gasteiger partial charge on any atom is -0.394 e. The highest BCUT2D eigenvalue weighted by Crippen LogP contribution is 2.32. The van der Waals surface area contributed by atoms with Crippen LogP contribution in [0, 0.1) is 0 Å². The molecular formula is C21H29N5O3. The summed E-state index contributed by atoms with van der Waals surface area (Å²) >= 11 is 0. The zero-order chi connectivity index (χ0) is 20.1. The van der Waals surface area contributed by atoms with Crippen LogP contribution in [0.5, 0.6) is 0 Å². The summed E-state index contributed by atoms with van der Waals surface area (Å²) in [5.74, 6) is 0.378. The number of hydrogen-bond acceptors (Lipinski definition) is 6. The number of aliphatic hydroxyl groups is 1. The average molecular weight is 399 g/mol. The number of carbonyl (C=O) groups excluding carboxylic acids is 1. The number of rotatable bonds is 7. The number of nitrogens with one attached hydrogen (secondary N) is 1.